The summed E-state index contributed by atoms with van der Waals surface area (Å²) >= 11 is 0. The maximum atomic E-state index is 13.2. The van der Waals surface area contributed by atoms with Crippen molar-refractivity contribution in [1.29, 1.82) is 0 Å². The number of aryl methyl sites for hydroxylation is 2. The summed E-state index contributed by atoms with van der Waals surface area (Å²) in [5.74, 6) is 0. The van der Waals surface area contributed by atoms with Gasteiger partial charge in [-0.05, 0) is 64.4 Å². The Hall–Kier alpha value is -3.06. The van der Waals surface area contributed by atoms with Crippen LogP contribution in [-0.2, 0) is 0 Å². The largest absolute Gasteiger partial charge is 0.304 e. The van der Waals surface area contributed by atoms with Gasteiger partial charge in [-0.3, -0.25) is 4.79 Å². The van der Waals surface area contributed by atoms with E-state index in [1.165, 1.54) is 0 Å². The molecule has 30 heavy (non-hydrogen) atoms. The van der Waals surface area contributed by atoms with Gasteiger partial charge in [0.1, 0.15) is 0 Å². The normalized spacial score (nSPS) is 20.3. The summed E-state index contributed by atoms with van der Waals surface area (Å²) < 4.78 is 3.51. The van der Waals surface area contributed by atoms with Crippen LogP contribution in [-0.4, -0.2) is 48.9 Å². The van der Waals surface area contributed by atoms with Gasteiger partial charge in [-0.25, -0.2) is 14.2 Å². The first-order valence-corrected chi connectivity index (χ1v) is 10.5. The Morgan fingerprint density at radius 2 is 2.00 bits per heavy atom. The van der Waals surface area contributed by atoms with Gasteiger partial charge in [0.15, 0.2) is 5.65 Å². The first-order valence-electron chi connectivity index (χ1n) is 10.5. The second kappa shape index (κ2) is 7.02. The van der Waals surface area contributed by atoms with E-state index in [-0.39, 0.29) is 11.6 Å². The molecule has 3 aromatic heterocycles. The molecule has 1 saturated heterocycles. The topological polar surface area (TPSA) is 68.3 Å². The predicted molar refractivity (Wildman–Crippen MR) is 118 cm³/mol. The molecule has 1 aliphatic rings. The molecule has 7 heteroatoms. The van der Waals surface area contributed by atoms with Crippen LogP contribution in [0.2, 0.25) is 0 Å². The maximum Gasteiger partial charge on any atom is 0.274 e. The van der Waals surface area contributed by atoms with Gasteiger partial charge < -0.3 is 4.90 Å². The fraction of sp³-hybridized carbons (Fsp3) is 0.391. The average molecular weight is 403 g/mol. The molecule has 0 radical (unpaired) electrons. The molecule has 0 amide bonds. The molecule has 0 spiro atoms. The molecule has 0 saturated carbocycles. The summed E-state index contributed by atoms with van der Waals surface area (Å²) in [5, 5.41) is 10.8. The summed E-state index contributed by atoms with van der Waals surface area (Å²) in [7, 11) is 2.14. The van der Waals surface area contributed by atoms with Crippen molar-refractivity contribution in [3.63, 3.8) is 0 Å². The van der Waals surface area contributed by atoms with E-state index in [0.29, 0.717) is 11.4 Å². The Labute approximate surface area is 175 Å². The lowest BCUT2D eigenvalue weighted by Crippen LogP contribution is -2.41. The summed E-state index contributed by atoms with van der Waals surface area (Å²) in [6, 6.07) is 8.53. The molecular weight excluding hydrogens is 376 g/mol. The number of nitrogens with zero attached hydrogens (tertiary/aromatic N) is 6. The van der Waals surface area contributed by atoms with E-state index in [2.05, 4.69) is 29.0 Å². The van der Waals surface area contributed by atoms with Crippen LogP contribution >= 0.6 is 0 Å². The third-order valence-electron chi connectivity index (χ3n) is 6.36. The molecule has 1 fully saturated rings. The van der Waals surface area contributed by atoms with Crippen LogP contribution < -0.4 is 5.56 Å². The first kappa shape index (κ1) is 18.9. The monoisotopic (exact) mass is 402 g/mol. The Morgan fingerprint density at radius 1 is 1.17 bits per heavy atom. The molecule has 5 rings (SSSR count). The lowest BCUT2D eigenvalue weighted by Gasteiger charge is -2.35. The maximum absolute atomic E-state index is 13.2. The molecule has 0 bridgehead atoms. The quantitative estimate of drug-likeness (QED) is 0.514. The summed E-state index contributed by atoms with van der Waals surface area (Å²) in [4.78, 5) is 20.0. The van der Waals surface area contributed by atoms with Crippen molar-refractivity contribution >= 4 is 16.4 Å². The second-order valence-corrected chi connectivity index (χ2v) is 8.57. The highest BCUT2D eigenvalue weighted by atomic mass is 16.1. The summed E-state index contributed by atoms with van der Waals surface area (Å²) in [6.45, 7) is 7.19. The highest BCUT2D eigenvalue weighted by Crippen LogP contribution is 2.26. The van der Waals surface area contributed by atoms with E-state index in [1.807, 2.05) is 55.0 Å². The fourth-order valence-electron chi connectivity index (χ4n) is 4.46. The van der Waals surface area contributed by atoms with E-state index in [0.717, 1.165) is 52.9 Å². The number of hydrogen-bond donors (Lipinski definition) is 0. The van der Waals surface area contributed by atoms with Crippen molar-refractivity contribution in [3.8, 4) is 11.3 Å². The first-order chi connectivity index (χ1) is 14.4. The Kier molecular flexibility index (Phi) is 4.43. The lowest BCUT2D eigenvalue weighted by molar-refractivity contribution is 0.148. The van der Waals surface area contributed by atoms with Crippen molar-refractivity contribution in [3.05, 3.63) is 58.3 Å². The summed E-state index contributed by atoms with van der Waals surface area (Å²) in [5.41, 5.74) is 4.69. The number of aromatic nitrogens is 5. The molecule has 0 aliphatic carbocycles. The third kappa shape index (κ3) is 3.10. The molecule has 4 aromatic rings. The van der Waals surface area contributed by atoms with Crippen LogP contribution in [0.3, 0.4) is 0 Å². The number of piperidine rings is 1. The predicted octanol–water partition coefficient (Wildman–Crippen LogP) is 3.38. The Bertz CT molecular complexity index is 1320. The van der Waals surface area contributed by atoms with Crippen LogP contribution in [0.5, 0.6) is 0 Å². The van der Waals surface area contributed by atoms with E-state index >= 15 is 0 Å². The molecule has 4 heterocycles. The van der Waals surface area contributed by atoms with Gasteiger partial charge in [0.05, 0.1) is 35.2 Å². The van der Waals surface area contributed by atoms with Crippen molar-refractivity contribution in [2.45, 2.75) is 45.7 Å². The molecule has 2 atom stereocenters. The van der Waals surface area contributed by atoms with Crippen molar-refractivity contribution in [1.82, 2.24) is 29.3 Å². The standard InChI is InChI=1S/C23H26N6O/c1-14-9-21(26-28-13-15(2)25-22(14)28)17-5-6-20-18(11-17)12-24-29(23(20)30)19-7-8-27(4)16(3)10-19/h5-6,9,11-13,16,19H,7-8,10H2,1-4H3/t16-,19+/m1/s1. The van der Waals surface area contributed by atoms with E-state index in [4.69, 9.17) is 5.10 Å². The Morgan fingerprint density at radius 3 is 2.80 bits per heavy atom. The Balaban J connectivity index is 1.55. The van der Waals surface area contributed by atoms with Gasteiger partial charge in [-0.2, -0.15) is 10.2 Å². The zero-order valence-electron chi connectivity index (χ0n) is 17.8. The number of hydrogen-bond acceptors (Lipinski definition) is 5. The van der Waals surface area contributed by atoms with Gasteiger partial charge in [-0.1, -0.05) is 6.07 Å². The second-order valence-electron chi connectivity index (χ2n) is 8.57. The van der Waals surface area contributed by atoms with E-state index < -0.39 is 0 Å². The van der Waals surface area contributed by atoms with E-state index in [9.17, 15) is 4.79 Å². The van der Waals surface area contributed by atoms with Gasteiger partial charge in [0, 0.05) is 23.5 Å². The van der Waals surface area contributed by atoms with Crippen LogP contribution in [0.1, 0.15) is 37.1 Å². The van der Waals surface area contributed by atoms with Gasteiger partial charge >= 0.3 is 0 Å². The molecule has 0 N–H and O–H groups in total. The lowest BCUT2D eigenvalue weighted by atomic mass is 9.99. The molecule has 1 aliphatic heterocycles. The molecule has 154 valence electrons. The number of fused-ring (bicyclic) bond motifs is 2. The minimum atomic E-state index is -0.00868. The van der Waals surface area contributed by atoms with Crippen LogP contribution in [0.15, 0.2) is 41.5 Å². The van der Waals surface area contributed by atoms with Crippen LogP contribution in [0.4, 0.5) is 0 Å². The van der Waals surface area contributed by atoms with Crippen LogP contribution in [0.25, 0.3) is 27.7 Å². The molecule has 0 unspecified atom stereocenters. The number of benzene rings is 1. The minimum absolute atomic E-state index is 0.00868. The number of likely N-dealkylation sites (tertiary alicyclic amines) is 1. The molecule has 7 nitrogen and oxygen atoms in total. The molecular formula is C23H26N6O. The third-order valence-corrected chi connectivity index (χ3v) is 6.36. The fourth-order valence-corrected chi connectivity index (χ4v) is 4.46. The minimum Gasteiger partial charge on any atom is -0.304 e. The smallest absolute Gasteiger partial charge is 0.274 e. The zero-order valence-corrected chi connectivity index (χ0v) is 17.8. The SMILES string of the molecule is Cc1cn2nc(-c3ccc4c(=O)n([C@H]5CCN(C)[C@H](C)C5)ncc4c3)cc(C)c2n1. The van der Waals surface area contributed by atoms with Crippen LogP contribution in [0, 0.1) is 13.8 Å². The zero-order chi connectivity index (χ0) is 21.0. The van der Waals surface area contributed by atoms with Gasteiger partial charge in [-0.15, -0.1) is 0 Å². The average Bonchev–Trinajstić information content (AvgIpc) is 3.11. The van der Waals surface area contributed by atoms with Gasteiger partial charge in [0.2, 0.25) is 0 Å². The van der Waals surface area contributed by atoms with Gasteiger partial charge in [0.25, 0.3) is 5.56 Å². The summed E-state index contributed by atoms with van der Waals surface area (Å²) in [6.07, 6.45) is 5.64. The highest BCUT2D eigenvalue weighted by Gasteiger charge is 2.25. The van der Waals surface area contributed by atoms with E-state index in [1.54, 1.807) is 4.68 Å². The van der Waals surface area contributed by atoms with Crippen molar-refractivity contribution < 1.29 is 0 Å². The number of rotatable bonds is 2. The molecule has 1 aromatic carbocycles. The number of imidazole rings is 1. The van der Waals surface area contributed by atoms with Crippen molar-refractivity contribution in [2.75, 3.05) is 13.6 Å². The van der Waals surface area contributed by atoms with Crippen molar-refractivity contribution in [2.24, 2.45) is 0 Å². The highest BCUT2D eigenvalue weighted by molar-refractivity contribution is 5.85.